The molecule has 1 aliphatic carbocycles. The summed E-state index contributed by atoms with van der Waals surface area (Å²) in [6, 6.07) is 10.4. The average molecular weight is 325 g/mol. The maximum absolute atomic E-state index is 12.3. The van der Waals surface area contributed by atoms with Crippen molar-refractivity contribution < 1.29 is 4.79 Å². The number of hydrogen-bond donors (Lipinski definition) is 2. The van der Waals surface area contributed by atoms with Gasteiger partial charge in [0.2, 0.25) is 5.91 Å². The second kappa shape index (κ2) is 8.54. The lowest BCUT2D eigenvalue weighted by Gasteiger charge is -2.27. The number of benzene rings is 1. The third kappa shape index (κ3) is 5.29. The van der Waals surface area contributed by atoms with E-state index in [1.165, 1.54) is 5.56 Å². The predicted octanol–water partition coefficient (Wildman–Crippen LogP) is 3.17. The molecule has 0 bridgehead atoms. The fourth-order valence-electron chi connectivity index (χ4n) is 3.33. The van der Waals surface area contributed by atoms with E-state index in [1.807, 2.05) is 6.07 Å². The largest absolute Gasteiger partial charge is 0.355 e. The van der Waals surface area contributed by atoms with Crippen LogP contribution in [0.25, 0.3) is 0 Å². The number of nitrogens with one attached hydrogen (secondary N) is 1. The van der Waals surface area contributed by atoms with E-state index >= 15 is 0 Å². The molecule has 1 amide bonds. The van der Waals surface area contributed by atoms with Crippen LogP contribution in [0.2, 0.25) is 0 Å². The van der Waals surface area contributed by atoms with Gasteiger partial charge in [-0.1, -0.05) is 50.6 Å². The standard InChI is InChI=1S/C18H28N2O.ClH/c1-18(2,11-14-7-4-3-5-8-14)13-20-17(21)16-10-6-9-15(16)12-19;/h3-5,7-8,15-16H,6,9-13,19H2,1-2H3,(H,20,21);1H/t15-,16-;/m1./s1. The molecule has 1 aliphatic rings. The van der Waals surface area contributed by atoms with Crippen LogP contribution < -0.4 is 11.1 Å². The molecule has 1 saturated carbocycles. The minimum Gasteiger partial charge on any atom is -0.355 e. The van der Waals surface area contributed by atoms with Crippen LogP contribution in [0.5, 0.6) is 0 Å². The van der Waals surface area contributed by atoms with E-state index in [-0.39, 0.29) is 29.6 Å². The predicted molar refractivity (Wildman–Crippen MR) is 94.1 cm³/mol. The number of halogens is 1. The van der Waals surface area contributed by atoms with E-state index in [0.717, 1.165) is 25.7 Å². The van der Waals surface area contributed by atoms with E-state index in [1.54, 1.807) is 0 Å². The Labute approximate surface area is 140 Å². The number of hydrogen-bond acceptors (Lipinski definition) is 2. The highest BCUT2D eigenvalue weighted by molar-refractivity contribution is 5.85. The number of amides is 1. The minimum absolute atomic E-state index is 0. The first-order valence-corrected chi connectivity index (χ1v) is 8.03. The highest BCUT2D eigenvalue weighted by Gasteiger charge is 2.32. The van der Waals surface area contributed by atoms with Crippen LogP contribution in [-0.4, -0.2) is 19.0 Å². The van der Waals surface area contributed by atoms with Crippen molar-refractivity contribution in [2.75, 3.05) is 13.1 Å². The lowest BCUT2D eigenvalue weighted by molar-refractivity contribution is -0.126. The number of carbonyl (C=O) groups excluding carboxylic acids is 1. The van der Waals surface area contributed by atoms with Gasteiger partial charge in [0.15, 0.2) is 0 Å². The van der Waals surface area contributed by atoms with Crippen LogP contribution in [0.1, 0.15) is 38.7 Å². The molecule has 1 aromatic rings. The van der Waals surface area contributed by atoms with Crippen molar-refractivity contribution in [1.82, 2.24) is 5.32 Å². The molecular formula is C18H29ClN2O. The van der Waals surface area contributed by atoms with Crippen LogP contribution in [0.15, 0.2) is 30.3 Å². The SMILES string of the molecule is CC(C)(CNC(=O)[C@@H]1CCC[C@@H]1CN)Cc1ccccc1.Cl. The Hall–Kier alpha value is -1.06. The summed E-state index contributed by atoms with van der Waals surface area (Å²) in [7, 11) is 0. The van der Waals surface area contributed by atoms with Crippen LogP contribution >= 0.6 is 12.4 Å². The summed E-state index contributed by atoms with van der Waals surface area (Å²) in [6.07, 6.45) is 4.20. The molecule has 0 aliphatic heterocycles. The number of rotatable bonds is 6. The summed E-state index contributed by atoms with van der Waals surface area (Å²) < 4.78 is 0. The van der Waals surface area contributed by atoms with Crippen LogP contribution in [0.3, 0.4) is 0 Å². The van der Waals surface area contributed by atoms with Crippen LogP contribution in [0.4, 0.5) is 0 Å². The third-order valence-corrected chi connectivity index (χ3v) is 4.57. The highest BCUT2D eigenvalue weighted by atomic mass is 35.5. The van der Waals surface area contributed by atoms with Gasteiger partial charge in [-0.25, -0.2) is 0 Å². The number of carbonyl (C=O) groups is 1. The first-order valence-electron chi connectivity index (χ1n) is 8.03. The van der Waals surface area contributed by atoms with Crippen molar-refractivity contribution in [3.63, 3.8) is 0 Å². The molecule has 124 valence electrons. The molecule has 22 heavy (non-hydrogen) atoms. The molecule has 1 fully saturated rings. The quantitative estimate of drug-likeness (QED) is 0.844. The molecule has 2 atom stereocenters. The van der Waals surface area contributed by atoms with Crippen molar-refractivity contribution in [2.45, 2.75) is 39.5 Å². The van der Waals surface area contributed by atoms with Gasteiger partial charge in [-0.05, 0) is 42.7 Å². The summed E-state index contributed by atoms with van der Waals surface area (Å²) >= 11 is 0. The van der Waals surface area contributed by atoms with Gasteiger partial charge in [-0.3, -0.25) is 4.79 Å². The molecule has 0 radical (unpaired) electrons. The average Bonchev–Trinajstić information content (AvgIpc) is 2.94. The maximum atomic E-state index is 12.3. The summed E-state index contributed by atoms with van der Waals surface area (Å²) in [4.78, 5) is 12.3. The first kappa shape index (κ1) is 19.0. The lowest BCUT2D eigenvalue weighted by atomic mass is 9.85. The topological polar surface area (TPSA) is 55.1 Å². The fourth-order valence-corrected chi connectivity index (χ4v) is 3.33. The molecule has 0 heterocycles. The molecule has 0 spiro atoms. The smallest absolute Gasteiger partial charge is 0.223 e. The van der Waals surface area contributed by atoms with Crippen LogP contribution in [-0.2, 0) is 11.2 Å². The fraction of sp³-hybridized carbons (Fsp3) is 0.611. The van der Waals surface area contributed by atoms with Crippen molar-refractivity contribution in [1.29, 1.82) is 0 Å². The summed E-state index contributed by atoms with van der Waals surface area (Å²) in [5.41, 5.74) is 7.15. The van der Waals surface area contributed by atoms with Gasteiger partial charge in [0, 0.05) is 12.5 Å². The second-order valence-electron chi connectivity index (χ2n) is 7.08. The molecule has 0 unspecified atom stereocenters. The van der Waals surface area contributed by atoms with E-state index in [4.69, 9.17) is 5.73 Å². The number of nitrogens with two attached hydrogens (primary N) is 1. The normalized spacial score (nSPS) is 21.2. The summed E-state index contributed by atoms with van der Waals surface area (Å²) in [5, 5.41) is 3.15. The minimum atomic E-state index is 0. The molecule has 2 rings (SSSR count). The van der Waals surface area contributed by atoms with Crippen molar-refractivity contribution >= 4 is 18.3 Å². The highest BCUT2D eigenvalue weighted by Crippen LogP contribution is 2.31. The molecule has 0 aromatic heterocycles. The maximum Gasteiger partial charge on any atom is 0.223 e. The van der Waals surface area contributed by atoms with Crippen molar-refractivity contribution in [2.24, 2.45) is 23.0 Å². The molecule has 0 saturated heterocycles. The van der Waals surface area contributed by atoms with Crippen molar-refractivity contribution in [3.8, 4) is 0 Å². The second-order valence-corrected chi connectivity index (χ2v) is 7.08. The zero-order chi connectivity index (χ0) is 15.3. The van der Waals surface area contributed by atoms with E-state index in [9.17, 15) is 4.79 Å². The van der Waals surface area contributed by atoms with E-state index in [2.05, 4.69) is 43.4 Å². The van der Waals surface area contributed by atoms with E-state index < -0.39 is 0 Å². The zero-order valence-electron chi connectivity index (χ0n) is 13.7. The van der Waals surface area contributed by atoms with E-state index in [0.29, 0.717) is 19.0 Å². The summed E-state index contributed by atoms with van der Waals surface area (Å²) in [6.45, 7) is 5.75. The Balaban J connectivity index is 0.00000242. The van der Waals surface area contributed by atoms with Crippen LogP contribution in [0, 0.1) is 17.3 Å². The molecule has 1 aromatic carbocycles. The van der Waals surface area contributed by atoms with Gasteiger partial charge in [0.25, 0.3) is 0 Å². The van der Waals surface area contributed by atoms with Gasteiger partial charge in [0.05, 0.1) is 0 Å². The molecule has 3 nitrogen and oxygen atoms in total. The Kier molecular flexibility index (Phi) is 7.37. The molecule has 4 heteroatoms. The van der Waals surface area contributed by atoms with Crippen molar-refractivity contribution in [3.05, 3.63) is 35.9 Å². The lowest BCUT2D eigenvalue weighted by Crippen LogP contribution is -2.40. The van der Waals surface area contributed by atoms with Gasteiger partial charge < -0.3 is 11.1 Å². The Morgan fingerprint density at radius 1 is 1.27 bits per heavy atom. The van der Waals surface area contributed by atoms with Gasteiger partial charge in [0.1, 0.15) is 0 Å². The molecule has 3 N–H and O–H groups in total. The summed E-state index contributed by atoms with van der Waals surface area (Å²) in [5.74, 6) is 0.703. The Morgan fingerprint density at radius 3 is 2.59 bits per heavy atom. The van der Waals surface area contributed by atoms with Gasteiger partial charge in [-0.15, -0.1) is 12.4 Å². The Morgan fingerprint density at radius 2 is 1.95 bits per heavy atom. The molecular weight excluding hydrogens is 296 g/mol. The zero-order valence-corrected chi connectivity index (χ0v) is 14.5. The Bertz CT molecular complexity index is 461. The first-order chi connectivity index (χ1) is 10.0. The van der Waals surface area contributed by atoms with Gasteiger partial charge >= 0.3 is 0 Å². The monoisotopic (exact) mass is 324 g/mol. The van der Waals surface area contributed by atoms with Gasteiger partial charge in [-0.2, -0.15) is 0 Å². The third-order valence-electron chi connectivity index (χ3n) is 4.57.